The molecule has 0 aliphatic carbocycles. The molecular formula is C17H20BBrFNO. The van der Waals surface area contributed by atoms with Gasteiger partial charge >= 0.3 is 0 Å². The summed E-state index contributed by atoms with van der Waals surface area (Å²) in [6.45, 7) is 8.00. The molecule has 0 saturated heterocycles. The Morgan fingerprint density at radius 1 is 1.05 bits per heavy atom. The third kappa shape index (κ3) is 6.44. The summed E-state index contributed by atoms with van der Waals surface area (Å²) < 4.78 is 13.6. The van der Waals surface area contributed by atoms with Gasteiger partial charge in [0.1, 0.15) is 13.7 Å². The van der Waals surface area contributed by atoms with Gasteiger partial charge in [0, 0.05) is 11.3 Å². The lowest BCUT2D eigenvalue weighted by Crippen LogP contribution is -2.13. The fourth-order valence-corrected chi connectivity index (χ4v) is 1.65. The van der Waals surface area contributed by atoms with Crippen LogP contribution in [0, 0.1) is 5.82 Å². The van der Waals surface area contributed by atoms with Gasteiger partial charge in [-0.2, -0.15) is 0 Å². The number of hydrogen-bond acceptors (Lipinski definition) is 1. The summed E-state index contributed by atoms with van der Waals surface area (Å²) in [6, 6.07) is 10.9. The van der Waals surface area contributed by atoms with Crippen LogP contribution in [0.5, 0.6) is 0 Å². The summed E-state index contributed by atoms with van der Waals surface area (Å²) in [6.07, 6.45) is 0. The zero-order valence-electron chi connectivity index (χ0n) is 13.3. The largest absolute Gasteiger partial charge is 0.322 e. The van der Waals surface area contributed by atoms with E-state index in [4.69, 9.17) is 7.85 Å². The minimum atomic E-state index is -0.472. The van der Waals surface area contributed by atoms with Crippen LogP contribution in [0.4, 0.5) is 10.1 Å². The summed E-state index contributed by atoms with van der Waals surface area (Å²) in [5, 5.41) is 2.66. The van der Waals surface area contributed by atoms with E-state index in [0.717, 1.165) is 0 Å². The first-order valence-corrected chi connectivity index (χ1v) is 7.97. The predicted octanol–water partition coefficient (Wildman–Crippen LogP) is 4.69. The summed E-state index contributed by atoms with van der Waals surface area (Å²) in [4.78, 5) is 11.8. The van der Waals surface area contributed by atoms with Crippen LogP contribution in [0.2, 0.25) is 0 Å². The molecule has 2 aromatic rings. The van der Waals surface area contributed by atoms with Gasteiger partial charge in [0.05, 0.1) is 4.47 Å². The van der Waals surface area contributed by atoms with Crippen molar-refractivity contribution in [3.8, 4) is 0 Å². The molecule has 2 aromatic carbocycles. The van der Waals surface area contributed by atoms with Crippen molar-refractivity contribution in [3.05, 3.63) is 58.3 Å². The summed E-state index contributed by atoms with van der Waals surface area (Å²) in [7, 11) is 5.54. The van der Waals surface area contributed by atoms with Crippen molar-refractivity contribution in [2.45, 2.75) is 27.7 Å². The Bertz CT molecular complexity index is 588. The van der Waals surface area contributed by atoms with Gasteiger partial charge < -0.3 is 5.32 Å². The Hall–Kier alpha value is -1.62. The molecule has 0 aromatic heterocycles. The lowest BCUT2D eigenvalue weighted by atomic mass is 9.96. The highest BCUT2D eigenvalue weighted by molar-refractivity contribution is 9.10. The number of carbonyl (C=O) groups excluding carboxylic acids is 1. The zero-order chi connectivity index (χ0) is 17.1. The molecule has 116 valence electrons. The smallest absolute Gasteiger partial charge is 0.255 e. The van der Waals surface area contributed by atoms with E-state index in [1.807, 2.05) is 27.7 Å². The monoisotopic (exact) mass is 363 g/mol. The van der Waals surface area contributed by atoms with E-state index < -0.39 is 5.82 Å². The molecule has 2 rings (SSSR count). The average Bonchev–Trinajstić information content (AvgIpc) is 2.56. The van der Waals surface area contributed by atoms with Crippen molar-refractivity contribution in [1.82, 2.24) is 0 Å². The van der Waals surface area contributed by atoms with Crippen LogP contribution in [-0.2, 0) is 0 Å². The van der Waals surface area contributed by atoms with Crippen molar-refractivity contribution < 1.29 is 9.18 Å². The zero-order valence-corrected chi connectivity index (χ0v) is 14.9. The van der Waals surface area contributed by atoms with Crippen LogP contribution in [0.3, 0.4) is 0 Å². The van der Waals surface area contributed by atoms with E-state index in [2.05, 4.69) is 21.2 Å². The molecule has 0 fully saturated rings. The summed E-state index contributed by atoms with van der Waals surface area (Å²) >= 11 is 3.03. The highest BCUT2D eigenvalue weighted by Gasteiger charge is 2.08. The maximum absolute atomic E-state index is 13.3. The van der Waals surface area contributed by atoms with Gasteiger partial charge in [-0.15, -0.1) is 0 Å². The Balaban J connectivity index is 0.00000102. The molecule has 0 unspecified atom stereocenters. The highest BCUT2D eigenvalue weighted by atomic mass is 79.9. The Morgan fingerprint density at radius 2 is 1.59 bits per heavy atom. The van der Waals surface area contributed by atoms with E-state index in [-0.39, 0.29) is 11.5 Å². The molecule has 0 saturated carbocycles. The predicted molar refractivity (Wildman–Crippen MR) is 96.6 cm³/mol. The van der Waals surface area contributed by atoms with E-state index >= 15 is 0 Å². The molecule has 0 aliphatic rings. The fraction of sp³-hybridized carbons (Fsp3) is 0.235. The lowest BCUT2D eigenvalue weighted by molar-refractivity contribution is 0.102. The first-order chi connectivity index (χ1) is 10.6. The molecule has 2 radical (unpaired) electrons. The quantitative estimate of drug-likeness (QED) is 0.770. The van der Waals surface area contributed by atoms with Crippen molar-refractivity contribution in [2.75, 3.05) is 5.32 Å². The molecule has 0 heterocycles. The first kappa shape index (κ1) is 20.4. The summed E-state index contributed by atoms with van der Waals surface area (Å²) in [5.41, 5.74) is 1.48. The number of benzene rings is 2. The topological polar surface area (TPSA) is 29.1 Å². The second-order valence-electron chi connectivity index (χ2n) is 3.71. The van der Waals surface area contributed by atoms with E-state index in [0.29, 0.717) is 15.6 Å². The third-order valence-electron chi connectivity index (χ3n) is 2.35. The van der Waals surface area contributed by atoms with E-state index in [1.165, 1.54) is 12.1 Å². The van der Waals surface area contributed by atoms with Crippen LogP contribution in [0.25, 0.3) is 0 Å². The molecule has 0 bridgehead atoms. The number of rotatable bonds is 2. The van der Waals surface area contributed by atoms with Crippen molar-refractivity contribution in [2.24, 2.45) is 0 Å². The van der Waals surface area contributed by atoms with Crippen LogP contribution >= 0.6 is 15.9 Å². The van der Waals surface area contributed by atoms with Gasteiger partial charge in [-0.05, 0) is 46.3 Å². The van der Waals surface area contributed by atoms with Crippen LogP contribution in [0.1, 0.15) is 38.1 Å². The molecule has 22 heavy (non-hydrogen) atoms. The van der Waals surface area contributed by atoms with Gasteiger partial charge in [0.2, 0.25) is 0 Å². The summed E-state index contributed by atoms with van der Waals surface area (Å²) in [5.74, 6) is -0.842. The van der Waals surface area contributed by atoms with Crippen molar-refractivity contribution in [3.63, 3.8) is 0 Å². The number of anilines is 1. The minimum absolute atomic E-state index is 0.257. The Labute approximate surface area is 141 Å². The lowest BCUT2D eigenvalue weighted by Gasteiger charge is -2.06. The molecule has 1 N–H and O–H groups in total. The number of amides is 1. The molecule has 0 atom stereocenters. The van der Waals surface area contributed by atoms with Crippen molar-refractivity contribution >= 4 is 40.8 Å². The number of halogens is 2. The third-order valence-corrected chi connectivity index (χ3v) is 2.99. The normalized spacial score (nSPS) is 8.82. The van der Waals surface area contributed by atoms with E-state index in [1.54, 1.807) is 30.3 Å². The Morgan fingerprint density at radius 3 is 2.09 bits per heavy atom. The SMILES string of the molecule is CC.CC.[B]c1ccc(NC(=O)c2ccc(Br)c(F)c2)cc1. The van der Waals surface area contributed by atoms with Gasteiger partial charge in [-0.1, -0.05) is 45.3 Å². The standard InChI is InChI=1S/C13H8BBrFNO.2C2H6/c14-9-2-4-10(5-3-9)17-13(18)8-1-6-11(15)12(16)7-8;2*1-2/h1-7H,(H,17,18);2*1-2H3. The number of nitrogens with one attached hydrogen (secondary N) is 1. The Kier molecular flexibility index (Phi) is 10.2. The van der Waals surface area contributed by atoms with Crippen LogP contribution < -0.4 is 10.8 Å². The highest BCUT2D eigenvalue weighted by Crippen LogP contribution is 2.17. The maximum Gasteiger partial charge on any atom is 0.255 e. The van der Waals surface area contributed by atoms with Gasteiger partial charge in [-0.3, -0.25) is 4.79 Å². The van der Waals surface area contributed by atoms with Gasteiger partial charge in [-0.25, -0.2) is 4.39 Å². The second-order valence-corrected chi connectivity index (χ2v) is 4.56. The molecule has 0 aliphatic heterocycles. The number of carbonyl (C=O) groups is 1. The molecule has 1 amide bonds. The molecule has 0 spiro atoms. The van der Waals surface area contributed by atoms with Gasteiger partial charge in [0.25, 0.3) is 5.91 Å². The van der Waals surface area contributed by atoms with E-state index in [9.17, 15) is 9.18 Å². The molecular weight excluding hydrogens is 344 g/mol. The van der Waals surface area contributed by atoms with Crippen molar-refractivity contribution in [1.29, 1.82) is 0 Å². The number of hydrogen-bond donors (Lipinski definition) is 1. The first-order valence-electron chi connectivity index (χ1n) is 7.18. The van der Waals surface area contributed by atoms with Crippen LogP contribution in [-0.4, -0.2) is 13.8 Å². The van der Waals surface area contributed by atoms with Crippen LogP contribution in [0.15, 0.2) is 46.9 Å². The maximum atomic E-state index is 13.3. The fourth-order valence-electron chi connectivity index (χ4n) is 1.41. The van der Waals surface area contributed by atoms with Gasteiger partial charge in [0.15, 0.2) is 0 Å². The minimum Gasteiger partial charge on any atom is -0.322 e. The average molecular weight is 364 g/mol. The molecule has 5 heteroatoms. The second kappa shape index (κ2) is 11.0. The molecule has 2 nitrogen and oxygen atoms in total.